The second-order valence-electron chi connectivity index (χ2n) is 13.6. The summed E-state index contributed by atoms with van der Waals surface area (Å²) < 4.78 is 0. The Labute approximate surface area is 314 Å². The molecule has 8 rings (SSSR count). The van der Waals surface area contributed by atoms with Crippen molar-refractivity contribution in [3.8, 4) is 79.7 Å². The Morgan fingerprint density at radius 2 is 0.463 bits per heavy atom. The van der Waals surface area contributed by atoms with E-state index in [1.165, 1.54) is 0 Å². The van der Waals surface area contributed by atoms with Crippen LogP contribution in [0.15, 0.2) is 140 Å². The molecule has 0 fully saturated rings. The summed E-state index contributed by atoms with van der Waals surface area (Å²) in [5.41, 5.74) is 5.81. The second kappa shape index (κ2) is 15.0. The van der Waals surface area contributed by atoms with Gasteiger partial charge in [0.05, 0.1) is 0 Å². The molecule has 0 aliphatic rings. The maximum absolute atomic E-state index is 5.06. The zero-order valence-corrected chi connectivity index (χ0v) is 30.5. The Balaban J connectivity index is 1.39. The van der Waals surface area contributed by atoms with Crippen LogP contribution in [-0.4, -0.2) is 44.9 Å². The Morgan fingerprint density at radius 3 is 0.704 bits per heavy atom. The van der Waals surface area contributed by atoms with Crippen molar-refractivity contribution in [1.82, 2.24) is 44.9 Å². The zero-order chi connectivity index (χ0) is 37.0. The molecule has 3 heterocycles. The third kappa shape index (κ3) is 7.38. The largest absolute Gasteiger partial charge is 0.213 e. The van der Waals surface area contributed by atoms with Crippen molar-refractivity contribution in [1.29, 1.82) is 0 Å². The SMILES string of the molecule is CC(C)c1nc(-c2ccccc2)nc(-c2cc(-c3nc(-c4ccccc4)nc(-c4ccccc4)n3)cc(-c3nc(-c4ccccc4)nc(C(C)C)n3)c2)n1. The minimum atomic E-state index is 0.0628. The molecule has 0 spiro atoms. The van der Waals surface area contributed by atoms with E-state index in [1.807, 2.05) is 140 Å². The molecule has 0 aliphatic carbocycles. The highest BCUT2D eigenvalue weighted by atomic mass is 15.1. The highest BCUT2D eigenvalue weighted by molar-refractivity contribution is 5.77. The first kappa shape index (κ1) is 34.2. The van der Waals surface area contributed by atoms with Crippen molar-refractivity contribution in [2.75, 3.05) is 0 Å². The third-order valence-electron chi connectivity index (χ3n) is 8.81. The second-order valence-corrected chi connectivity index (χ2v) is 13.6. The molecule has 54 heavy (non-hydrogen) atoms. The maximum Gasteiger partial charge on any atom is 0.164 e. The monoisotopic (exact) mass is 703 g/mol. The Hall–Kier alpha value is -6.87. The highest BCUT2D eigenvalue weighted by Gasteiger charge is 2.20. The van der Waals surface area contributed by atoms with Crippen LogP contribution in [-0.2, 0) is 0 Å². The summed E-state index contributed by atoms with van der Waals surface area (Å²) in [7, 11) is 0. The minimum absolute atomic E-state index is 0.0628. The lowest BCUT2D eigenvalue weighted by atomic mass is 10.0. The smallest absolute Gasteiger partial charge is 0.164 e. The van der Waals surface area contributed by atoms with Crippen LogP contribution in [0.2, 0.25) is 0 Å². The van der Waals surface area contributed by atoms with Crippen LogP contribution in [0.3, 0.4) is 0 Å². The quantitative estimate of drug-likeness (QED) is 0.145. The van der Waals surface area contributed by atoms with E-state index >= 15 is 0 Å². The van der Waals surface area contributed by atoms with Gasteiger partial charge in [0, 0.05) is 50.8 Å². The predicted molar refractivity (Wildman–Crippen MR) is 213 cm³/mol. The Bertz CT molecular complexity index is 2370. The van der Waals surface area contributed by atoms with Crippen LogP contribution < -0.4 is 0 Å². The van der Waals surface area contributed by atoms with E-state index in [2.05, 4.69) is 27.7 Å². The lowest BCUT2D eigenvalue weighted by molar-refractivity contribution is 0.765. The molecule has 262 valence electrons. The van der Waals surface area contributed by atoms with E-state index in [1.54, 1.807) is 0 Å². The number of hydrogen-bond acceptors (Lipinski definition) is 9. The van der Waals surface area contributed by atoms with Crippen molar-refractivity contribution < 1.29 is 0 Å². The normalized spacial score (nSPS) is 11.3. The summed E-state index contributed by atoms with van der Waals surface area (Å²) in [6.45, 7) is 8.33. The van der Waals surface area contributed by atoms with Gasteiger partial charge in [-0.3, -0.25) is 0 Å². The number of benzene rings is 5. The lowest BCUT2D eigenvalue weighted by Crippen LogP contribution is -2.06. The van der Waals surface area contributed by atoms with Gasteiger partial charge in [0.2, 0.25) is 0 Å². The van der Waals surface area contributed by atoms with Crippen molar-refractivity contribution in [2.24, 2.45) is 0 Å². The first-order valence-corrected chi connectivity index (χ1v) is 18.0. The molecule has 9 heteroatoms. The summed E-state index contributed by atoms with van der Waals surface area (Å²) in [5, 5.41) is 0. The summed E-state index contributed by atoms with van der Waals surface area (Å²) in [4.78, 5) is 44.9. The molecule has 0 saturated heterocycles. The van der Waals surface area contributed by atoms with Gasteiger partial charge in [0.1, 0.15) is 11.6 Å². The van der Waals surface area contributed by atoms with Crippen LogP contribution in [0.25, 0.3) is 79.7 Å². The molecule has 0 bridgehead atoms. The molecule has 0 N–H and O–H groups in total. The molecule has 0 unspecified atom stereocenters. The van der Waals surface area contributed by atoms with E-state index in [0.717, 1.165) is 38.9 Å². The lowest BCUT2D eigenvalue weighted by Gasteiger charge is -2.14. The van der Waals surface area contributed by atoms with Crippen LogP contribution in [0.5, 0.6) is 0 Å². The van der Waals surface area contributed by atoms with Crippen LogP contribution in [0.4, 0.5) is 0 Å². The molecule has 5 aromatic carbocycles. The molecule has 0 aliphatic heterocycles. The fourth-order valence-electron chi connectivity index (χ4n) is 5.94. The molecular weight excluding hydrogens is 667 g/mol. The van der Waals surface area contributed by atoms with Gasteiger partial charge in [-0.05, 0) is 18.2 Å². The molecule has 3 aromatic heterocycles. The number of hydrogen-bond donors (Lipinski definition) is 0. The van der Waals surface area contributed by atoms with Gasteiger partial charge in [-0.1, -0.05) is 149 Å². The maximum atomic E-state index is 5.06. The third-order valence-corrected chi connectivity index (χ3v) is 8.81. The number of rotatable bonds is 9. The summed E-state index contributed by atoms with van der Waals surface area (Å²) in [6, 6.07) is 45.9. The summed E-state index contributed by atoms with van der Waals surface area (Å²) >= 11 is 0. The standard InChI is InChI=1S/C45H37N9/c1-28(2)37-46-39(30-17-9-5-10-18-30)51-43(48-37)34-25-35(44-49-38(29(3)4)47-40(52-44)31-19-11-6-12-20-31)27-36(26-34)45-53-41(32-21-13-7-14-22-32)50-42(54-45)33-23-15-8-16-24-33/h5-29H,1-4H3. The van der Waals surface area contributed by atoms with Gasteiger partial charge in [0.15, 0.2) is 40.8 Å². The van der Waals surface area contributed by atoms with Gasteiger partial charge in [0.25, 0.3) is 0 Å². The van der Waals surface area contributed by atoms with E-state index in [0.29, 0.717) is 52.4 Å². The average molecular weight is 704 g/mol. The zero-order valence-electron chi connectivity index (χ0n) is 30.5. The van der Waals surface area contributed by atoms with Crippen molar-refractivity contribution in [2.45, 2.75) is 39.5 Å². The first-order chi connectivity index (χ1) is 26.4. The van der Waals surface area contributed by atoms with Gasteiger partial charge < -0.3 is 0 Å². The van der Waals surface area contributed by atoms with Gasteiger partial charge in [-0.15, -0.1) is 0 Å². The highest BCUT2D eigenvalue weighted by Crippen LogP contribution is 2.33. The molecule has 8 aromatic rings. The van der Waals surface area contributed by atoms with Gasteiger partial charge in [-0.25, -0.2) is 44.9 Å². The van der Waals surface area contributed by atoms with Crippen molar-refractivity contribution in [3.05, 3.63) is 151 Å². The van der Waals surface area contributed by atoms with Gasteiger partial charge >= 0.3 is 0 Å². The average Bonchev–Trinajstić information content (AvgIpc) is 3.24. The van der Waals surface area contributed by atoms with Crippen molar-refractivity contribution in [3.63, 3.8) is 0 Å². The van der Waals surface area contributed by atoms with E-state index in [4.69, 9.17) is 44.9 Å². The molecule has 0 radical (unpaired) electrons. The predicted octanol–water partition coefficient (Wildman–Crippen LogP) is 10.2. The molecule has 0 saturated carbocycles. The number of aromatic nitrogens is 9. The Morgan fingerprint density at radius 1 is 0.259 bits per heavy atom. The van der Waals surface area contributed by atoms with Crippen LogP contribution >= 0.6 is 0 Å². The fourth-order valence-corrected chi connectivity index (χ4v) is 5.94. The molecule has 0 amide bonds. The fraction of sp³-hybridized carbons (Fsp3) is 0.133. The minimum Gasteiger partial charge on any atom is -0.213 e. The Kier molecular flexibility index (Phi) is 9.51. The molecule has 9 nitrogen and oxygen atoms in total. The number of nitrogens with zero attached hydrogens (tertiary/aromatic N) is 9. The molecule has 0 atom stereocenters. The van der Waals surface area contributed by atoms with E-state index in [9.17, 15) is 0 Å². The van der Waals surface area contributed by atoms with Gasteiger partial charge in [-0.2, -0.15) is 0 Å². The van der Waals surface area contributed by atoms with Crippen LogP contribution in [0, 0.1) is 0 Å². The van der Waals surface area contributed by atoms with Crippen molar-refractivity contribution >= 4 is 0 Å². The van der Waals surface area contributed by atoms with E-state index in [-0.39, 0.29) is 11.8 Å². The molecular formula is C45H37N9. The first-order valence-electron chi connectivity index (χ1n) is 18.0. The summed E-state index contributed by atoms with van der Waals surface area (Å²) in [5.74, 6) is 5.38. The summed E-state index contributed by atoms with van der Waals surface area (Å²) in [6.07, 6.45) is 0. The topological polar surface area (TPSA) is 116 Å². The van der Waals surface area contributed by atoms with Crippen LogP contribution in [0.1, 0.15) is 51.2 Å². The van der Waals surface area contributed by atoms with E-state index < -0.39 is 0 Å².